The number of amides is 1. The molecule has 0 fully saturated rings. The van der Waals surface area contributed by atoms with Crippen molar-refractivity contribution in [1.82, 2.24) is 14.9 Å². The number of halogens is 3. The zero-order chi connectivity index (χ0) is 23.9. The molecule has 1 aliphatic rings. The van der Waals surface area contributed by atoms with Gasteiger partial charge in [-0.25, -0.2) is 4.98 Å². The standard InChI is InChI=1S/C24H16F3N3O4/c25-24(26,27)15-4-3-5-16(11-15)30-18-7-2-1-6-17(18)29-21(23(30)32)22(31)28-12-14-8-9-19-20(10-14)34-13-33-19/h1-11H,12-13H2,(H,28,31). The molecule has 1 N–H and O–H groups in total. The van der Waals surface area contributed by atoms with Crippen LogP contribution in [0.15, 0.2) is 71.5 Å². The van der Waals surface area contributed by atoms with Crippen molar-refractivity contribution in [2.45, 2.75) is 12.7 Å². The number of carbonyl (C=O) groups is 1. The van der Waals surface area contributed by atoms with E-state index in [0.717, 1.165) is 16.7 Å². The van der Waals surface area contributed by atoms with E-state index in [9.17, 15) is 22.8 Å². The van der Waals surface area contributed by atoms with Crippen LogP contribution < -0.4 is 20.3 Å². The molecule has 2 heterocycles. The normalized spacial score (nSPS) is 12.7. The fraction of sp³-hybridized carbons (Fsp3) is 0.125. The Balaban J connectivity index is 1.53. The molecule has 4 aromatic rings. The predicted octanol–water partition coefficient (Wildman–Crippen LogP) is 4.06. The third-order valence-electron chi connectivity index (χ3n) is 5.30. The van der Waals surface area contributed by atoms with Gasteiger partial charge in [0, 0.05) is 12.2 Å². The molecule has 0 aliphatic carbocycles. The Morgan fingerprint density at radius 2 is 1.79 bits per heavy atom. The number of rotatable bonds is 4. The topological polar surface area (TPSA) is 82.4 Å². The summed E-state index contributed by atoms with van der Waals surface area (Å²) in [6.07, 6.45) is -4.59. The number of para-hydroxylation sites is 2. The third kappa shape index (κ3) is 3.94. The highest BCUT2D eigenvalue weighted by Gasteiger charge is 2.31. The molecule has 0 spiro atoms. The Bertz CT molecular complexity index is 1480. The number of fused-ring (bicyclic) bond motifs is 2. The van der Waals surface area contributed by atoms with Crippen LogP contribution in [0.25, 0.3) is 16.7 Å². The summed E-state index contributed by atoms with van der Waals surface area (Å²) < 4.78 is 51.4. The fourth-order valence-electron chi connectivity index (χ4n) is 3.67. The van der Waals surface area contributed by atoms with Crippen molar-refractivity contribution in [3.05, 3.63) is 93.9 Å². The number of nitrogens with zero attached hydrogens (tertiary/aromatic N) is 2. The van der Waals surface area contributed by atoms with Crippen LogP contribution in [0.3, 0.4) is 0 Å². The molecule has 10 heteroatoms. The second kappa shape index (κ2) is 8.22. The Labute approximate surface area is 190 Å². The van der Waals surface area contributed by atoms with Gasteiger partial charge in [0.25, 0.3) is 11.5 Å². The van der Waals surface area contributed by atoms with Gasteiger partial charge in [0.2, 0.25) is 6.79 Å². The average molecular weight is 467 g/mol. The first-order chi connectivity index (χ1) is 16.3. The van der Waals surface area contributed by atoms with Gasteiger partial charge in [-0.1, -0.05) is 24.3 Å². The van der Waals surface area contributed by atoms with Gasteiger partial charge in [0.15, 0.2) is 17.2 Å². The highest BCUT2D eigenvalue weighted by atomic mass is 19.4. The average Bonchev–Trinajstić information content (AvgIpc) is 3.29. The molecule has 5 rings (SSSR count). The maximum absolute atomic E-state index is 13.3. The number of nitrogens with one attached hydrogen (secondary N) is 1. The van der Waals surface area contributed by atoms with Crippen LogP contribution in [0.4, 0.5) is 13.2 Å². The molecule has 0 saturated carbocycles. The van der Waals surface area contributed by atoms with Crippen LogP contribution in [-0.2, 0) is 12.7 Å². The molecule has 0 radical (unpaired) electrons. The first kappa shape index (κ1) is 21.5. The molecule has 0 unspecified atom stereocenters. The maximum atomic E-state index is 13.3. The molecule has 7 nitrogen and oxygen atoms in total. The lowest BCUT2D eigenvalue weighted by atomic mass is 10.1. The van der Waals surface area contributed by atoms with Crippen LogP contribution in [0.2, 0.25) is 0 Å². The molecular formula is C24H16F3N3O4. The summed E-state index contributed by atoms with van der Waals surface area (Å²) in [6, 6.07) is 15.9. The number of hydrogen-bond donors (Lipinski definition) is 1. The molecule has 3 aromatic carbocycles. The fourth-order valence-corrected chi connectivity index (χ4v) is 3.67. The Kier molecular flexibility index (Phi) is 5.20. The molecule has 172 valence electrons. The summed E-state index contributed by atoms with van der Waals surface area (Å²) in [5, 5.41) is 2.64. The monoisotopic (exact) mass is 467 g/mol. The summed E-state index contributed by atoms with van der Waals surface area (Å²) in [4.78, 5) is 30.4. The van der Waals surface area contributed by atoms with E-state index in [-0.39, 0.29) is 30.1 Å². The molecule has 0 saturated heterocycles. The van der Waals surface area contributed by atoms with E-state index in [0.29, 0.717) is 17.1 Å². The van der Waals surface area contributed by atoms with Gasteiger partial charge < -0.3 is 14.8 Å². The van der Waals surface area contributed by atoms with Crippen molar-refractivity contribution >= 4 is 16.9 Å². The van der Waals surface area contributed by atoms with Gasteiger partial charge in [-0.15, -0.1) is 0 Å². The summed E-state index contributed by atoms with van der Waals surface area (Å²) in [5.41, 5.74) is -0.934. The molecule has 34 heavy (non-hydrogen) atoms. The lowest BCUT2D eigenvalue weighted by Gasteiger charge is -2.14. The smallest absolute Gasteiger partial charge is 0.416 e. The number of hydrogen-bond acceptors (Lipinski definition) is 5. The molecule has 1 amide bonds. The van der Waals surface area contributed by atoms with Crippen LogP contribution >= 0.6 is 0 Å². The van der Waals surface area contributed by atoms with E-state index in [4.69, 9.17) is 9.47 Å². The second-order valence-electron chi connectivity index (χ2n) is 7.51. The van der Waals surface area contributed by atoms with E-state index in [1.807, 2.05) is 0 Å². The van der Waals surface area contributed by atoms with Crippen molar-refractivity contribution in [3.63, 3.8) is 0 Å². The summed E-state index contributed by atoms with van der Waals surface area (Å²) >= 11 is 0. The molecular weight excluding hydrogens is 451 g/mol. The van der Waals surface area contributed by atoms with Crippen molar-refractivity contribution in [2.24, 2.45) is 0 Å². The van der Waals surface area contributed by atoms with Crippen molar-refractivity contribution in [2.75, 3.05) is 6.79 Å². The quantitative estimate of drug-likeness (QED) is 0.490. The first-order valence-electron chi connectivity index (χ1n) is 10.2. The van der Waals surface area contributed by atoms with Crippen molar-refractivity contribution in [1.29, 1.82) is 0 Å². The number of ether oxygens (including phenoxy) is 2. The maximum Gasteiger partial charge on any atom is 0.416 e. The van der Waals surface area contributed by atoms with Crippen LogP contribution in [0, 0.1) is 0 Å². The minimum atomic E-state index is -4.59. The first-order valence-corrected chi connectivity index (χ1v) is 10.2. The SMILES string of the molecule is O=C(NCc1ccc2c(c1)OCO2)c1nc2ccccc2n(-c2cccc(C(F)(F)F)c2)c1=O. The van der Waals surface area contributed by atoms with Gasteiger partial charge in [0.1, 0.15) is 0 Å². The molecule has 1 aliphatic heterocycles. The van der Waals surface area contributed by atoms with Crippen LogP contribution in [-0.4, -0.2) is 22.3 Å². The van der Waals surface area contributed by atoms with Crippen LogP contribution in [0.1, 0.15) is 21.6 Å². The van der Waals surface area contributed by atoms with Gasteiger partial charge in [0.05, 0.1) is 16.6 Å². The van der Waals surface area contributed by atoms with Gasteiger partial charge >= 0.3 is 6.18 Å². The predicted molar refractivity (Wildman–Crippen MR) is 116 cm³/mol. The number of aromatic nitrogens is 2. The lowest BCUT2D eigenvalue weighted by Crippen LogP contribution is -2.34. The molecule has 0 atom stereocenters. The summed E-state index contributed by atoms with van der Waals surface area (Å²) in [5.74, 6) is 0.381. The minimum absolute atomic E-state index is 0.0248. The highest BCUT2D eigenvalue weighted by molar-refractivity contribution is 5.94. The number of carbonyl (C=O) groups excluding carboxylic acids is 1. The minimum Gasteiger partial charge on any atom is -0.454 e. The van der Waals surface area contributed by atoms with Gasteiger partial charge in [-0.2, -0.15) is 13.2 Å². The molecule has 1 aromatic heterocycles. The Morgan fingerprint density at radius 3 is 2.62 bits per heavy atom. The van der Waals surface area contributed by atoms with Crippen molar-refractivity contribution < 1.29 is 27.4 Å². The van der Waals surface area contributed by atoms with Gasteiger partial charge in [-0.3, -0.25) is 14.2 Å². The lowest BCUT2D eigenvalue weighted by molar-refractivity contribution is -0.137. The number of alkyl halides is 3. The number of benzene rings is 3. The van der Waals surface area contributed by atoms with E-state index in [2.05, 4.69) is 10.3 Å². The Hall–Kier alpha value is -4.34. The van der Waals surface area contributed by atoms with E-state index in [1.54, 1.807) is 42.5 Å². The zero-order valence-electron chi connectivity index (χ0n) is 17.4. The van der Waals surface area contributed by atoms with Gasteiger partial charge in [-0.05, 0) is 48.0 Å². The third-order valence-corrected chi connectivity index (χ3v) is 5.30. The van der Waals surface area contributed by atoms with E-state index >= 15 is 0 Å². The second-order valence-corrected chi connectivity index (χ2v) is 7.51. The van der Waals surface area contributed by atoms with E-state index < -0.39 is 28.9 Å². The Morgan fingerprint density at radius 1 is 1.00 bits per heavy atom. The van der Waals surface area contributed by atoms with Crippen LogP contribution in [0.5, 0.6) is 11.5 Å². The molecule has 0 bridgehead atoms. The zero-order valence-corrected chi connectivity index (χ0v) is 17.4. The summed E-state index contributed by atoms with van der Waals surface area (Å²) in [7, 11) is 0. The largest absolute Gasteiger partial charge is 0.454 e. The van der Waals surface area contributed by atoms with Crippen molar-refractivity contribution in [3.8, 4) is 17.2 Å². The summed E-state index contributed by atoms with van der Waals surface area (Å²) in [6.45, 7) is 0.189. The highest BCUT2D eigenvalue weighted by Crippen LogP contribution is 2.32. The van der Waals surface area contributed by atoms with E-state index in [1.165, 1.54) is 12.1 Å².